The fourth-order valence-electron chi connectivity index (χ4n) is 3.07. The summed E-state index contributed by atoms with van der Waals surface area (Å²) < 4.78 is 0. The second kappa shape index (κ2) is 6.59. The number of rotatable bonds is 4. The molecule has 1 nitrogen and oxygen atoms in total. The van der Waals surface area contributed by atoms with Gasteiger partial charge in [-0.1, -0.05) is 84.9 Å². The molecule has 0 fully saturated rings. The molecule has 1 heteroatoms. The standard InChI is InChI=1S/C23H19N/c1-2-9-19(10-3-1)23-13-7-6-12-21(23)17-24-22-15-14-18-8-4-5-11-20(18)16-22/h1-16,24H,17H2. The molecule has 1 N–H and O–H groups in total. The molecule has 0 radical (unpaired) electrons. The third kappa shape index (κ3) is 3.02. The topological polar surface area (TPSA) is 12.0 Å². The molecular formula is C23H19N. The minimum atomic E-state index is 0.809. The molecule has 0 heterocycles. The summed E-state index contributed by atoms with van der Waals surface area (Å²) in [6, 6.07) is 34.1. The Morgan fingerprint density at radius 2 is 1.29 bits per heavy atom. The van der Waals surface area contributed by atoms with E-state index < -0.39 is 0 Å². The highest BCUT2D eigenvalue weighted by molar-refractivity contribution is 5.85. The molecule has 0 aliphatic rings. The molecule has 0 bridgehead atoms. The van der Waals surface area contributed by atoms with Crippen molar-refractivity contribution in [2.45, 2.75) is 6.54 Å². The molecule has 0 unspecified atom stereocenters. The zero-order chi connectivity index (χ0) is 16.2. The van der Waals surface area contributed by atoms with Gasteiger partial charge in [0.25, 0.3) is 0 Å². The van der Waals surface area contributed by atoms with E-state index in [1.165, 1.54) is 27.5 Å². The second-order valence-corrected chi connectivity index (χ2v) is 5.94. The molecule has 24 heavy (non-hydrogen) atoms. The van der Waals surface area contributed by atoms with Gasteiger partial charge in [0.15, 0.2) is 0 Å². The van der Waals surface area contributed by atoms with Crippen molar-refractivity contribution in [1.82, 2.24) is 0 Å². The Morgan fingerprint density at radius 3 is 2.17 bits per heavy atom. The number of hydrogen-bond donors (Lipinski definition) is 1. The first-order chi connectivity index (χ1) is 11.9. The first kappa shape index (κ1) is 14.5. The van der Waals surface area contributed by atoms with E-state index in [2.05, 4.69) is 102 Å². The third-order valence-corrected chi connectivity index (χ3v) is 4.33. The monoisotopic (exact) mass is 309 g/mol. The van der Waals surface area contributed by atoms with Crippen LogP contribution in [0.3, 0.4) is 0 Å². The molecule has 0 spiro atoms. The van der Waals surface area contributed by atoms with Crippen LogP contribution in [0, 0.1) is 0 Å². The largest absolute Gasteiger partial charge is 0.381 e. The maximum Gasteiger partial charge on any atom is 0.0406 e. The maximum absolute atomic E-state index is 3.56. The average molecular weight is 309 g/mol. The van der Waals surface area contributed by atoms with Gasteiger partial charge in [-0.3, -0.25) is 0 Å². The minimum absolute atomic E-state index is 0.809. The van der Waals surface area contributed by atoms with Crippen molar-refractivity contribution in [2.24, 2.45) is 0 Å². The first-order valence-corrected chi connectivity index (χ1v) is 8.26. The maximum atomic E-state index is 3.56. The Labute approximate surface area is 142 Å². The van der Waals surface area contributed by atoms with Crippen molar-refractivity contribution < 1.29 is 0 Å². The molecule has 4 aromatic rings. The van der Waals surface area contributed by atoms with Crippen LogP contribution in [0.25, 0.3) is 21.9 Å². The highest BCUT2D eigenvalue weighted by Gasteiger charge is 2.04. The predicted molar refractivity (Wildman–Crippen MR) is 103 cm³/mol. The lowest BCUT2D eigenvalue weighted by Gasteiger charge is -2.12. The molecule has 116 valence electrons. The molecule has 0 aromatic heterocycles. The predicted octanol–water partition coefficient (Wildman–Crippen LogP) is 6.12. The summed E-state index contributed by atoms with van der Waals surface area (Å²) in [6.07, 6.45) is 0. The zero-order valence-electron chi connectivity index (χ0n) is 13.4. The highest BCUT2D eigenvalue weighted by Crippen LogP contribution is 2.25. The molecule has 4 rings (SSSR count). The van der Waals surface area contributed by atoms with Crippen molar-refractivity contribution in [1.29, 1.82) is 0 Å². The number of fused-ring (bicyclic) bond motifs is 1. The van der Waals surface area contributed by atoms with E-state index in [4.69, 9.17) is 0 Å². The fraction of sp³-hybridized carbons (Fsp3) is 0.0435. The van der Waals surface area contributed by atoms with Crippen LogP contribution in [0.5, 0.6) is 0 Å². The van der Waals surface area contributed by atoms with Gasteiger partial charge in [-0.15, -0.1) is 0 Å². The summed E-state index contributed by atoms with van der Waals surface area (Å²) >= 11 is 0. The van der Waals surface area contributed by atoms with Gasteiger partial charge < -0.3 is 5.32 Å². The highest BCUT2D eigenvalue weighted by atomic mass is 14.9. The summed E-state index contributed by atoms with van der Waals surface area (Å²) in [5.41, 5.74) is 4.99. The SMILES string of the molecule is c1ccc(-c2ccccc2CNc2ccc3ccccc3c2)cc1. The van der Waals surface area contributed by atoms with Crippen molar-refractivity contribution in [3.8, 4) is 11.1 Å². The quantitative estimate of drug-likeness (QED) is 0.479. The van der Waals surface area contributed by atoms with Gasteiger partial charge in [0.05, 0.1) is 0 Å². The Bertz CT molecular complexity index is 957. The van der Waals surface area contributed by atoms with Crippen molar-refractivity contribution in [3.63, 3.8) is 0 Å². The fourth-order valence-corrected chi connectivity index (χ4v) is 3.07. The van der Waals surface area contributed by atoms with Gasteiger partial charge in [0, 0.05) is 12.2 Å². The lowest BCUT2D eigenvalue weighted by atomic mass is 9.99. The van der Waals surface area contributed by atoms with Gasteiger partial charge >= 0.3 is 0 Å². The van der Waals surface area contributed by atoms with E-state index in [9.17, 15) is 0 Å². The van der Waals surface area contributed by atoms with E-state index in [1.807, 2.05) is 0 Å². The summed E-state index contributed by atoms with van der Waals surface area (Å²) in [7, 11) is 0. The van der Waals surface area contributed by atoms with Crippen molar-refractivity contribution >= 4 is 16.5 Å². The summed E-state index contributed by atoms with van der Waals surface area (Å²) in [5, 5.41) is 6.10. The molecule has 0 aliphatic heterocycles. The number of hydrogen-bond acceptors (Lipinski definition) is 1. The lowest BCUT2D eigenvalue weighted by molar-refractivity contribution is 1.15. The Hall–Kier alpha value is -3.06. The molecule has 0 atom stereocenters. The van der Waals surface area contributed by atoms with Gasteiger partial charge in [0.2, 0.25) is 0 Å². The van der Waals surface area contributed by atoms with Crippen LogP contribution in [-0.2, 0) is 6.54 Å². The van der Waals surface area contributed by atoms with E-state index in [0.29, 0.717) is 0 Å². The van der Waals surface area contributed by atoms with Crippen LogP contribution in [0.2, 0.25) is 0 Å². The van der Waals surface area contributed by atoms with Crippen LogP contribution in [0.15, 0.2) is 97.1 Å². The Balaban J connectivity index is 1.59. The summed E-state index contributed by atoms with van der Waals surface area (Å²) in [5.74, 6) is 0. The van der Waals surface area contributed by atoms with E-state index in [0.717, 1.165) is 12.2 Å². The van der Waals surface area contributed by atoms with Crippen LogP contribution >= 0.6 is 0 Å². The van der Waals surface area contributed by atoms with Crippen molar-refractivity contribution in [2.75, 3.05) is 5.32 Å². The molecule has 4 aromatic carbocycles. The Kier molecular flexibility index (Phi) is 3.99. The van der Waals surface area contributed by atoms with Crippen molar-refractivity contribution in [3.05, 3.63) is 103 Å². The van der Waals surface area contributed by atoms with Crippen LogP contribution in [0.4, 0.5) is 5.69 Å². The van der Waals surface area contributed by atoms with E-state index in [1.54, 1.807) is 0 Å². The molecular weight excluding hydrogens is 290 g/mol. The molecule has 0 aliphatic carbocycles. The normalized spacial score (nSPS) is 10.7. The van der Waals surface area contributed by atoms with Gasteiger partial charge in [-0.25, -0.2) is 0 Å². The summed E-state index contributed by atoms with van der Waals surface area (Å²) in [4.78, 5) is 0. The second-order valence-electron chi connectivity index (χ2n) is 5.94. The van der Waals surface area contributed by atoms with Gasteiger partial charge in [-0.2, -0.15) is 0 Å². The average Bonchev–Trinajstić information content (AvgIpc) is 2.67. The minimum Gasteiger partial charge on any atom is -0.381 e. The lowest BCUT2D eigenvalue weighted by Crippen LogP contribution is -2.01. The zero-order valence-corrected chi connectivity index (χ0v) is 13.4. The van der Waals surface area contributed by atoms with Crippen LogP contribution in [0.1, 0.15) is 5.56 Å². The number of benzene rings is 4. The van der Waals surface area contributed by atoms with E-state index >= 15 is 0 Å². The molecule has 0 amide bonds. The molecule has 0 saturated carbocycles. The van der Waals surface area contributed by atoms with Crippen LogP contribution < -0.4 is 5.32 Å². The van der Waals surface area contributed by atoms with Crippen LogP contribution in [-0.4, -0.2) is 0 Å². The number of anilines is 1. The van der Waals surface area contributed by atoms with Gasteiger partial charge in [-0.05, 0) is 39.6 Å². The van der Waals surface area contributed by atoms with E-state index in [-0.39, 0.29) is 0 Å². The first-order valence-electron chi connectivity index (χ1n) is 8.26. The Morgan fingerprint density at radius 1 is 0.583 bits per heavy atom. The molecule has 0 saturated heterocycles. The van der Waals surface area contributed by atoms with Gasteiger partial charge in [0.1, 0.15) is 0 Å². The smallest absolute Gasteiger partial charge is 0.0406 e. The number of nitrogens with one attached hydrogen (secondary N) is 1. The summed E-state index contributed by atoms with van der Waals surface area (Å²) in [6.45, 7) is 0.809. The third-order valence-electron chi connectivity index (χ3n) is 4.33.